The number of nitrogens with two attached hydrogens (primary N) is 1. The van der Waals surface area contributed by atoms with Gasteiger partial charge in [-0.05, 0) is 18.6 Å². The van der Waals surface area contributed by atoms with E-state index in [2.05, 4.69) is 22.3 Å². The molecule has 0 atom stereocenters. The molecule has 0 spiro atoms. The zero-order chi connectivity index (χ0) is 12.3. The monoisotopic (exact) mass is 231 g/mol. The number of hydrogen-bond donors (Lipinski definition) is 2. The molecule has 0 unspecified atom stereocenters. The summed E-state index contributed by atoms with van der Waals surface area (Å²) >= 11 is 0. The largest absolute Gasteiger partial charge is 0.397 e. The van der Waals surface area contributed by atoms with Crippen LogP contribution in [0.3, 0.4) is 0 Å². The van der Waals surface area contributed by atoms with Crippen LogP contribution in [0.25, 0.3) is 0 Å². The fourth-order valence-corrected chi connectivity index (χ4v) is 1.72. The molecule has 0 saturated heterocycles. The first-order valence-electron chi connectivity index (χ1n) is 5.66. The predicted molar refractivity (Wildman–Crippen MR) is 68.6 cm³/mol. The Morgan fingerprint density at radius 3 is 2.88 bits per heavy atom. The lowest BCUT2D eigenvalue weighted by Crippen LogP contribution is -2.02. The predicted octanol–water partition coefficient (Wildman–Crippen LogP) is 1.57. The third kappa shape index (κ3) is 2.75. The van der Waals surface area contributed by atoms with Crippen LogP contribution in [0.2, 0.25) is 0 Å². The summed E-state index contributed by atoms with van der Waals surface area (Å²) in [7, 11) is 1.93. The minimum atomic E-state index is 0.672. The van der Waals surface area contributed by atoms with Crippen LogP contribution in [0.4, 0.5) is 11.5 Å². The highest BCUT2D eigenvalue weighted by Crippen LogP contribution is 2.11. The maximum absolute atomic E-state index is 5.58. The molecule has 5 heteroatoms. The smallest absolute Gasteiger partial charge is 0.126 e. The van der Waals surface area contributed by atoms with E-state index in [1.165, 1.54) is 5.56 Å². The third-order valence-electron chi connectivity index (χ3n) is 2.57. The lowest BCUT2D eigenvalue weighted by Gasteiger charge is -2.05. The standard InChI is InChI=1S/C12H17N5/c1-3-11-9(8-17(2)16-11)6-14-12-5-4-10(13)7-15-12/h4-5,7-8H,3,6,13H2,1-2H3,(H,14,15). The molecular formula is C12H17N5. The highest BCUT2D eigenvalue weighted by atomic mass is 15.3. The Morgan fingerprint density at radius 1 is 1.41 bits per heavy atom. The summed E-state index contributed by atoms with van der Waals surface area (Å²) < 4.78 is 1.84. The molecule has 0 bridgehead atoms. The summed E-state index contributed by atoms with van der Waals surface area (Å²) in [5.41, 5.74) is 8.57. The second-order valence-electron chi connectivity index (χ2n) is 3.96. The summed E-state index contributed by atoms with van der Waals surface area (Å²) in [6.07, 6.45) is 4.61. The number of nitrogen functional groups attached to an aromatic ring is 1. The minimum Gasteiger partial charge on any atom is -0.397 e. The molecule has 0 radical (unpaired) electrons. The molecule has 0 fully saturated rings. The molecule has 2 heterocycles. The molecule has 2 aromatic rings. The summed E-state index contributed by atoms with van der Waals surface area (Å²) in [6, 6.07) is 3.70. The minimum absolute atomic E-state index is 0.672. The average molecular weight is 231 g/mol. The second-order valence-corrected chi connectivity index (χ2v) is 3.96. The topological polar surface area (TPSA) is 68.8 Å². The molecule has 0 aliphatic carbocycles. The Balaban J connectivity index is 2.04. The lowest BCUT2D eigenvalue weighted by atomic mass is 10.2. The molecule has 90 valence electrons. The zero-order valence-electron chi connectivity index (χ0n) is 10.1. The second kappa shape index (κ2) is 4.86. The number of nitrogens with one attached hydrogen (secondary N) is 1. The van der Waals surface area contributed by atoms with Gasteiger partial charge in [0.15, 0.2) is 0 Å². The van der Waals surface area contributed by atoms with Gasteiger partial charge in [0.2, 0.25) is 0 Å². The van der Waals surface area contributed by atoms with Crippen molar-refractivity contribution in [1.82, 2.24) is 14.8 Å². The molecule has 0 amide bonds. The van der Waals surface area contributed by atoms with Crippen molar-refractivity contribution in [2.75, 3.05) is 11.1 Å². The van der Waals surface area contributed by atoms with Crippen LogP contribution in [0, 0.1) is 0 Å². The molecule has 2 aromatic heterocycles. The first-order valence-corrected chi connectivity index (χ1v) is 5.66. The van der Waals surface area contributed by atoms with Crippen LogP contribution in [0.15, 0.2) is 24.5 Å². The summed E-state index contributed by atoms with van der Waals surface area (Å²) in [6.45, 7) is 2.83. The lowest BCUT2D eigenvalue weighted by molar-refractivity contribution is 0.746. The molecule has 17 heavy (non-hydrogen) atoms. The summed E-state index contributed by atoms with van der Waals surface area (Å²) in [5, 5.41) is 7.65. The normalized spacial score (nSPS) is 10.5. The Kier molecular flexibility index (Phi) is 3.27. The Labute approximate surface area is 101 Å². The van der Waals surface area contributed by atoms with Crippen LogP contribution < -0.4 is 11.1 Å². The first kappa shape index (κ1) is 11.4. The number of hydrogen-bond acceptors (Lipinski definition) is 4. The van der Waals surface area contributed by atoms with Crippen molar-refractivity contribution < 1.29 is 0 Å². The van der Waals surface area contributed by atoms with Gasteiger partial charge >= 0.3 is 0 Å². The molecule has 3 N–H and O–H groups in total. The third-order valence-corrected chi connectivity index (χ3v) is 2.57. The van der Waals surface area contributed by atoms with Crippen LogP contribution >= 0.6 is 0 Å². The number of anilines is 2. The summed E-state index contributed by atoms with van der Waals surface area (Å²) in [5.74, 6) is 0.824. The molecule has 0 aromatic carbocycles. The molecule has 2 rings (SSSR count). The van der Waals surface area contributed by atoms with Crippen molar-refractivity contribution in [2.24, 2.45) is 7.05 Å². The molecule has 0 aliphatic rings. The number of nitrogens with zero attached hydrogens (tertiary/aromatic N) is 3. The Bertz CT molecular complexity index is 486. The van der Waals surface area contributed by atoms with E-state index in [4.69, 9.17) is 5.73 Å². The number of aromatic nitrogens is 3. The van der Waals surface area contributed by atoms with Crippen molar-refractivity contribution >= 4 is 11.5 Å². The Hall–Kier alpha value is -2.04. The van der Waals surface area contributed by atoms with Crippen LogP contribution in [-0.2, 0) is 20.0 Å². The fourth-order valence-electron chi connectivity index (χ4n) is 1.72. The first-order chi connectivity index (χ1) is 8.19. The van der Waals surface area contributed by atoms with Gasteiger partial charge in [0, 0.05) is 25.4 Å². The van der Waals surface area contributed by atoms with E-state index < -0.39 is 0 Å². The van der Waals surface area contributed by atoms with Crippen molar-refractivity contribution in [3.05, 3.63) is 35.8 Å². The van der Waals surface area contributed by atoms with E-state index in [-0.39, 0.29) is 0 Å². The summed E-state index contributed by atoms with van der Waals surface area (Å²) in [4.78, 5) is 4.19. The van der Waals surface area contributed by atoms with Gasteiger partial charge in [-0.2, -0.15) is 5.10 Å². The maximum atomic E-state index is 5.58. The van der Waals surface area contributed by atoms with Crippen LogP contribution in [-0.4, -0.2) is 14.8 Å². The van der Waals surface area contributed by atoms with Crippen LogP contribution in [0.5, 0.6) is 0 Å². The van der Waals surface area contributed by atoms with E-state index in [9.17, 15) is 0 Å². The number of pyridine rings is 1. The fraction of sp³-hybridized carbons (Fsp3) is 0.333. The maximum Gasteiger partial charge on any atom is 0.126 e. The highest BCUT2D eigenvalue weighted by molar-refractivity contribution is 5.44. The van der Waals surface area contributed by atoms with Gasteiger partial charge in [-0.15, -0.1) is 0 Å². The molecule has 0 saturated carbocycles. The Morgan fingerprint density at radius 2 is 2.24 bits per heavy atom. The van der Waals surface area contributed by atoms with E-state index in [1.54, 1.807) is 6.20 Å². The number of rotatable bonds is 4. The highest BCUT2D eigenvalue weighted by Gasteiger charge is 2.05. The van der Waals surface area contributed by atoms with Gasteiger partial charge < -0.3 is 11.1 Å². The van der Waals surface area contributed by atoms with Crippen molar-refractivity contribution in [3.8, 4) is 0 Å². The van der Waals surface area contributed by atoms with Crippen molar-refractivity contribution in [3.63, 3.8) is 0 Å². The SMILES string of the molecule is CCc1nn(C)cc1CNc1ccc(N)cn1. The van der Waals surface area contributed by atoms with Gasteiger partial charge in [0.25, 0.3) is 0 Å². The number of aryl methyl sites for hydroxylation is 2. The molecular weight excluding hydrogens is 214 g/mol. The van der Waals surface area contributed by atoms with Crippen molar-refractivity contribution in [1.29, 1.82) is 0 Å². The van der Waals surface area contributed by atoms with E-state index >= 15 is 0 Å². The zero-order valence-corrected chi connectivity index (χ0v) is 10.1. The molecule has 0 aliphatic heterocycles. The van der Waals surface area contributed by atoms with Gasteiger partial charge in [-0.25, -0.2) is 4.98 Å². The van der Waals surface area contributed by atoms with E-state index in [0.29, 0.717) is 5.69 Å². The average Bonchev–Trinajstić information content (AvgIpc) is 2.69. The van der Waals surface area contributed by atoms with Gasteiger partial charge in [-0.1, -0.05) is 6.92 Å². The quantitative estimate of drug-likeness (QED) is 0.838. The van der Waals surface area contributed by atoms with Gasteiger partial charge in [-0.3, -0.25) is 4.68 Å². The molecule has 5 nitrogen and oxygen atoms in total. The van der Waals surface area contributed by atoms with Crippen LogP contribution in [0.1, 0.15) is 18.2 Å². The van der Waals surface area contributed by atoms with Gasteiger partial charge in [0.1, 0.15) is 5.82 Å². The van der Waals surface area contributed by atoms with Crippen molar-refractivity contribution in [2.45, 2.75) is 19.9 Å². The van der Waals surface area contributed by atoms with Gasteiger partial charge in [0.05, 0.1) is 17.6 Å². The van der Waals surface area contributed by atoms with E-state index in [1.807, 2.05) is 30.1 Å². The van der Waals surface area contributed by atoms with E-state index in [0.717, 1.165) is 24.5 Å².